The Morgan fingerprint density at radius 3 is 2.29 bits per heavy atom. The number of anilines is 1. The number of rotatable bonds is 7. The lowest BCUT2D eigenvalue weighted by Crippen LogP contribution is -2.47. The highest BCUT2D eigenvalue weighted by molar-refractivity contribution is 6.01. The van der Waals surface area contributed by atoms with Crippen molar-refractivity contribution in [2.45, 2.75) is 26.8 Å². The molecule has 1 aromatic heterocycles. The molecule has 0 radical (unpaired) electrons. The van der Waals surface area contributed by atoms with Gasteiger partial charge in [-0.2, -0.15) is 5.10 Å². The Hall–Kier alpha value is -4.01. The summed E-state index contributed by atoms with van der Waals surface area (Å²) in [5.41, 5.74) is 1.64. The number of hydrogen-bond acceptors (Lipinski definition) is 5. The molecule has 0 bridgehead atoms. The minimum Gasteiger partial charge on any atom is -0.340 e. The molecule has 0 aliphatic carbocycles. The fourth-order valence-electron chi connectivity index (χ4n) is 3.05. The summed E-state index contributed by atoms with van der Waals surface area (Å²) in [6.07, 6.45) is 0. The lowest BCUT2D eigenvalue weighted by atomic mass is 10.0. The second-order valence-corrected chi connectivity index (χ2v) is 7.41. The van der Waals surface area contributed by atoms with Gasteiger partial charge < -0.3 is 10.6 Å². The van der Waals surface area contributed by atoms with Crippen LogP contribution in [0.4, 0.5) is 11.5 Å². The van der Waals surface area contributed by atoms with Crippen LogP contribution in [0.2, 0.25) is 0 Å². The Bertz CT molecular complexity index is 1090. The Labute approximate surface area is 179 Å². The molecule has 3 rings (SSSR count). The van der Waals surface area contributed by atoms with Crippen molar-refractivity contribution in [3.63, 3.8) is 0 Å². The predicted molar refractivity (Wildman–Crippen MR) is 116 cm³/mol. The zero-order valence-corrected chi connectivity index (χ0v) is 17.4. The molecule has 160 valence electrons. The number of aryl methyl sites for hydroxylation is 1. The number of non-ortho nitro benzene ring substituents is 1. The third-order valence-corrected chi connectivity index (χ3v) is 4.66. The molecule has 0 spiro atoms. The van der Waals surface area contributed by atoms with E-state index < -0.39 is 11.0 Å². The lowest BCUT2D eigenvalue weighted by Gasteiger charge is -2.22. The highest BCUT2D eigenvalue weighted by Crippen LogP contribution is 2.21. The van der Waals surface area contributed by atoms with E-state index in [1.807, 2.05) is 19.9 Å². The zero-order valence-electron chi connectivity index (χ0n) is 17.4. The van der Waals surface area contributed by atoms with E-state index in [4.69, 9.17) is 0 Å². The van der Waals surface area contributed by atoms with Gasteiger partial charge in [0.1, 0.15) is 11.9 Å². The Morgan fingerprint density at radius 2 is 1.71 bits per heavy atom. The maximum atomic E-state index is 13.0. The number of nitrogens with zero attached hydrogens (tertiary/aromatic N) is 3. The Balaban J connectivity index is 1.81. The molecule has 31 heavy (non-hydrogen) atoms. The number of aromatic nitrogens is 2. The number of carbonyl (C=O) groups is 2. The van der Waals surface area contributed by atoms with Gasteiger partial charge in [-0.1, -0.05) is 32.0 Å². The molecule has 2 aromatic carbocycles. The molecule has 0 aliphatic heterocycles. The predicted octanol–water partition coefficient (Wildman–Crippen LogP) is 3.48. The number of carbonyl (C=O) groups excluding carboxylic acids is 2. The van der Waals surface area contributed by atoms with Gasteiger partial charge in [0.05, 0.1) is 16.3 Å². The maximum Gasteiger partial charge on any atom is 0.269 e. The number of amides is 2. The smallest absolute Gasteiger partial charge is 0.269 e. The molecule has 0 aliphatic rings. The van der Waals surface area contributed by atoms with Crippen LogP contribution in [0.1, 0.15) is 29.9 Å². The number of nitrogens with one attached hydrogen (secondary N) is 2. The molecule has 9 heteroatoms. The van der Waals surface area contributed by atoms with Crippen LogP contribution in [-0.2, 0) is 4.79 Å². The van der Waals surface area contributed by atoms with Gasteiger partial charge in [-0.3, -0.25) is 19.7 Å². The summed E-state index contributed by atoms with van der Waals surface area (Å²) in [6.45, 7) is 5.46. The molecule has 0 fully saturated rings. The molecule has 0 saturated heterocycles. The minimum atomic E-state index is -0.770. The normalized spacial score (nSPS) is 11.7. The second kappa shape index (κ2) is 9.21. The van der Waals surface area contributed by atoms with Crippen LogP contribution in [0.3, 0.4) is 0 Å². The molecular weight excluding hydrogens is 398 g/mol. The highest BCUT2D eigenvalue weighted by Gasteiger charge is 2.26. The van der Waals surface area contributed by atoms with E-state index in [9.17, 15) is 19.7 Å². The van der Waals surface area contributed by atoms with E-state index in [1.165, 1.54) is 16.8 Å². The van der Waals surface area contributed by atoms with Gasteiger partial charge in [0.25, 0.3) is 11.6 Å². The van der Waals surface area contributed by atoms with Gasteiger partial charge in [-0.25, -0.2) is 4.68 Å². The molecule has 9 nitrogen and oxygen atoms in total. The molecule has 1 heterocycles. The summed E-state index contributed by atoms with van der Waals surface area (Å²) in [4.78, 5) is 35.9. The van der Waals surface area contributed by atoms with Crippen molar-refractivity contribution in [2.24, 2.45) is 5.92 Å². The molecule has 0 saturated carbocycles. The molecule has 2 amide bonds. The summed E-state index contributed by atoms with van der Waals surface area (Å²) >= 11 is 0. The average molecular weight is 421 g/mol. The Morgan fingerprint density at radius 1 is 1.06 bits per heavy atom. The molecular formula is C22H23N5O4. The summed E-state index contributed by atoms with van der Waals surface area (Å²) < 4.78 is 1.49. The number of hydrogen-bond donors (Lipinski definition) is 2. The molecule has 1 unspecified atom stereocenters. The van der Waals surface area contributed by atoms with E-state index in [0.29, 0.717) is 22.8 Å². The van der Waals surface area contributed by atoms with Gasteiger partial charge in [0.2, 0.25) is 5.91 Å². The third-order valence-electron chi connectivity index (χ3n) is 4.66. The maximum absolute atomic E-state index is 13.0. The van der Waals surface area contributed by atoms with Crippen molar-refractivity contribution in [1.29, 1.82) is 0 Å². The van der Waals surface area contributed by atoms with Gasteiger partial charge in [-0.05, 0) is 37.1 Å². The fourth-order valence-corrected chi connectivity index (χ4v) is 3.05. The standard InChI is InChI=1S/C22H23N5O4/c1-14(2)20(24-21(28)16-7-5-4-6-8-16)22(29)23-19-13-15(3)25-26(19)17-9-11-18(12-10-17)27(30)31/h4-14,20H,1-3H3,(H,23,29)(H,24,28). The van der Waals surface area contributed by atoms with E-state index in [2.05, 4.69) is 15.7 Å². The van der Waals surface area contributed by atoms with Crippen LogP contribution in [0.25, 0.3) is 5.69 Å². The fraction of sp³-hybridized carbons (Fsp3) is 0.227. The van der Waals surface area contributed by atoms with E-state index >= 15 is 0 Å². The topological polar surface area (TPSA) is 119 Å². The summed E-state index contributed by atoms with van der Waals surface area (Å²) in [5, 5.41) is 20.9. The SMILES string of the molecule is Cc1cc(NC(=O)C(NC(=O)c2ccccc2)C(C)C)n(-c2ccc([N+](=O)[O-])cc2)n1. The Kier molecular flexibility index (Phi) is 6.44. The summed E-state index contributed by atoms with van der Waals surface area (Å²) in [7, 11) is 0. The van der Waals surface area contributed by atoms with Crippen molar-refractivity contribution < 1.29 is 14.5 Å². The molecule has 2 N–H and O–H groups in total. The summed E-state index contributed by atoms with van der Waals surface area (Å²) in [5.74, 6) is -0.489. The van der Waals surface area contributed by atoms with Gasteiger partial charge >= 0.3 is 0 Å². The number of nitro benzene ring substituents is 1. The molecule has 3 aromatic rings. The lowest BCUT2D eigenvalue weighted by molar-refractivity contribution is -0.384. The van der Waals surface area contributed by atoms with E-state index in [0.717, 1.165) is 0 Å². The van der Waals surface area contributed by atoms with Crippen molar-refractivity contribution in [3.05, 3.63) is 82.0 Å². The first-order valence-corrected chi connectivity index (χ1v) is 9.74. The first kappa shape index (κ1) is 21.7. The number of benzene rings is 2. The molecule has 1 atom stereocenters. The van der Waals surface area contributed by atoms with E-state index in [1.54, 1.807) is 49.4 Å². The second-order valence-electron chi connectivity index (χ2n) is 7.41. The first-order valence-electron chi connectivity index (χ1n) is 9.74. The quantitative estimate of drug-likeness (QED) is 0.447. The summed E-state index contributed by atoms with van der Waals surface area (Å²) in [6, 6.07) is 15.4. The highest BCUT2D eigenvalue weighted by atomic mass is 16.6. The zero-order chi connectivity index (χ0) is 22.5. The van der Waals surface area contributed by atoms with Gasteiger partial charge in [0.15, 0.2) is 0 Å². The minimum absolute atomic E-state index is 0.0401. The average Bonchev–Trinajstić information content (AvgIpc) is 3.12. The van der Waals surface area contributed by atoms with Crippen LogP contribution in [0.5, 0.6) is 0 Å². The first-order chi connectivity index (χ1) is 14.8. The van der Waals surface area contributed by atoms with Crippen LogP contribution < -0.4 is 10.6 Å². The van der Waals surface area contributed by atoms with E-state index in [-0.39, 0.29) is 23.4 Å². The van der Waals surface area contributed by atoms with Gasteiger partial charge in [-0.15, -0.1) is 0 Å². The van der Waals surface area contributed by atoms with Crippen molar-refractivity contribution >= 4 is 23.3 Å². The van der Waals surface area contributed by atoms with Crippen LogP contribution in [0.15, 0.2) is 60.7 Å². The van der Waals surface area contributed by atoms with Crippen molar-refractivity contribution in [2.75, 3.05) is 5.32 Å². The van der Waals surface area contributed by atoms with Crippen LogP contribution in [-0.4, -0.2) is 32.6 Å². The van der Waals surface area contributed by atoms with Crippen LogP contribution >= 0.6 is 0 Å². The number of nitro groups is 1. The van der Waals surface area contributed by atoms with Crippen molar-refractivity contribution in [3.8, 4) is 5.69 Å². The monoisotopic (exact) mass is 421 g/mol. The largest absolute Gasteiger partial charge is 0.340 e. The van der Waals surface area contributed by atoms with Crippen LogP contribution in [0, 0.1) is 23.0 Å². The van der Waals surface area contributed by atoms with Gasteiger partial charge in [0, 0.05) is 23.8 Å². The third kappa shape index (κ3) is 5.13. The van der Waals surface area contributed by atoms with Crippen molar-refractivity contribution in [1.82, 2.24) is 15.1 Å².